The number of aromatic amines is 1. The summed E-state index contributed by atoms with van der Waals surface area (Å²) in [6, 6.07) is 12.7. The van der Waals surface area contributed by atoms with Crippen LogP contribution in [0.5, 0.6) is 5.75 Å². The first kappa shape index (κ1) is 18.7. The number of rotatable bonds is 6. The van der Waals surface area contributed by atoms with Crippen molar-refractivity contribution in [2.45, 2.75) is 19.8 Å². The lowest BCUT2D eigenvalue weighted by Gasteiger charge is -2.04. The number of nitrogens with zero attached hydrogens (tertiary/aromatic N) is 2. The van der Waals surface area contributed by atoms with Crippen molar-refractivity contribution in [2.75, 3.05) is 0 Å². The molecule has 0 saturated heterocycles. The number of para-hydroxylation sites is 1. The third kappa shape index (κ3) is 4.17. The quantitative estimate of drug-likeness (QED) is 0.565. The van der Waals surface area contributed by atoms with Gasteiger partial charge in [-0.25, -0.2) is 4.99 Å². The highest BCUT2D eigenvalue weighted by molar-refractivity contribution is 6.30. The monoisotopic (exact) mass is 382 g/mol. The highest BCUT2D eigenvalue weighted by atomic mass is 35.5. The molecule has 0 spiro atoms. The number of aromatic nitrogens is 2. The van der Waals surface area contributed by atoms with Gasteiger partial charge in [-0.2, -0.15) is 5.10 Å². The molecule has 0 aliphatic rings. The number of amides is 1. The van der Waals surface area contributed by atoms with Crippen molar-refractivity contribution < 1.29 is 9.90 Å². The number of aromatic hydroxyl groups is 1. The maximum atomic E-state index is 12.0. The fraction of sp³-hybridized carbons (Fsp3) is 0.150. The zero-order chi connectivity index (χ0) is 19.4. The first-order valence-corrected chi connectivity index (χ1v) is 8.83. The molecule has 138 valence electrons. The normalized spacial score (nSPS) is 11.2. The number of hydrogen-bond acceptors (Lipinski definition) is 4. The third-order valence-electron chi connectivity index (χ3n) is 4.20. The molecule has 0 unspecified atom stereocenters. The molecule has 27 heavy (non-hydrogen) atoms. The molecule has 0 fully saturated rings. The fourth-order valence-electron chi connectivity index (χ4n) is 2.83. The van der Waals surface area contributed by atoms with E-state index in [0.717, 1.165) is 11.1 Å². The molecule has 1 aromatic heterocycles. The number of carbonyl (C=O) groups excluding carboxylic acids is 1. The molecule has 0 aliphatic carbocycles. The van der Waals surface area contributed by atoms with E-state index in [9.17, 15) is 9.90 Å². The first-order chi connectivity index (χ1) is 13.0. The predicted octanol–water partition coefficient (Wildman–Crippen LogP) is 3.77. The van der Waals surface area contributed by atoms with Gasteiger partial charge in [0.2, 0.25) is 0 Å². The Labute approximate surface area is 161 Å². The Hall–Kier alpha value is -3.12. The van der Waals surface area contributed by atoms with Gasteiger partial charge in [-0.05, 0) is 35.7 Å². The van der Waals surface area contributed by atoms with E-state index >= 15 is 0 Å². The lowest BCUT2D eigenvalue weighted by atomic mass is 10.1. The molecule has 4 N–H and O–H groups in total. The number of phenols is 1. The number of nitrogens with two attached hydrogens (primary N) is 1. The second-order valence-corrected chi connectivity index (χ2v) is 6.47. The van der Waals surface area contributed by atoms with E-state index in [4.69, 9.17) is 17.3 Å². The molecule has 1 amide bonds. The van der Waals surface area contributed by atoms with Crippen LogP contribution >= 0.6 is 11.6 Å². The Morgan fingerprint density at radius 3 is 2.81 bits per heavy atom. The van der Waals surface area contributed by atoms with Gasteiger partial charge in [0.25, 0.3) is 5.91 Å². The van der Waals surface area contributed by atoms with Crippen LogP contribution in [0.4, 0.5) is 5.82 Å². The number of aryl methyl sites for hydroxylation is 1. The summed E-state index contributed by atoms with van der Waals surface area (Å²) >= 11 is 6.01. The van der Waals surface area contributed by atoms with Crippen LogP contribution in [0.3, 0.4) is 0 Å². The number of primary amides is 1. The Kier molecular flexibility index (Phi) is 5.57. The summed E-state index contributed by atoms with van der Waals surface area (Å²) in [6.07, 6.45) is 2.59. The van der Waals surface area contributed by atoms with Crippen molar-refractivity contribution in [3.63, 3.8) is 0 Å². The second kappa shape index (κ2) is 8.05. The maximum absolute atomic E-state index is 12.0. The number of aliphatic imine (C=N–C) groups is 1. The standard InChI is InChI=1S/C20H19ClN4O2/c1-2-13-6-4-7-14(18(13)26)11-23-20-17(19(22)27)16(24-25-20)10-12-5-3-8-15(21)9-12/h3-9,11,26H,2,10H2,1H3,(H2,22,27)(H,24,25). The highest BCUT2D eigenvalue weighted by Gasteiger charge is 2.18. The summed E-state index contributed by atoms with van der Waals surface area (Å²) < 4.78 is 0. The average molecular weight is 383 g/mol. The largest absolute Gasteiger partial charge is 0.507 e. The Morgan fingerprint density at radius 1 is 1.33 bits per heavy atom. The van der Waals surface area contributed by atoms with Gasteiger partial charge in [-0.15, -0.1) is 0 Å². The number of H-pyrrole nitrogens is 1. The van der Waals surface area contributed by atoms with E-state index in [1.165, 1.54) is 6.21 Å². The van der Waals surface area contributed by atoms with Gasteiger partial charge < -0.3 is 10.8 Å². The van der Waals surface area contributed by atoms with Crippen molar-refractivity contribution in [2.24, 2.45) is 10.7 Å². The van der Waals surface area contributed by atoms with Crippen molar-refractivity contribution in [3.05, 3.63) is 75.4 Å². The van der Waals surface area contributed by atoms with E-state index in [-0.39, 0.29) is 17.1 Å². The molecule has 2 aromatic carbocycles. The minimum atomic E-state index is -0.626. The maximum Gasteiger partial charge on any atom is 0.254 e. The summed E-state index contributed by atoms with van der Waals surface area (Å²) in [5, 5.41) is 17.8. The number of benzene rings is 2. The molecule has 0 aliphatic heterocycles. The summed E-state index contributed by atoms with van der Waals surface area (Å²) in [4.78, 5) is 16.2. The van der Waals surface area contributed by atoms with Gasteiger partial charge in [0.05, 0.1) is 5.69 Å². The summed E-state index contributed by atoms with van der Waals surface area (Å²) in [7, 11) is 0. The van der Waals surface area contributed by atoms with Crippen LogP contribution in [0.1, 0.15) is 39.7 Å². The lowest BCUT2D eigenvalue weighted by molar-refractivity contribution is 0.100. The fourth-order valence-corrected chi connectivity index (χ4v) is 3.04. The third-order valence-corrected chi connectivity index (χ3v) is 4.43. The average Bonchev–Trinajstić information content (AvgIpc) is 3.03. The Morgan fingerprint density at radius 2 is 2.11 bits per heavy atom. The van der Waals surface area contributed by atoms with Crippen molar-refractivity contribution in [1.29, 1.82) is 0 Å². The molecule has 3 aromatic rings. The number of carbonyl (C=O) groups is 1. The number of halogens is 1. The van der Waals surface area contributed by atoms with Gasteiger partial charge in [-0.1, -0.05) is 42.8 Å². The van der Waals surface area contributed by atoms with Crippen molar-refractivity contribution in [1.82, 2.24) is 10.2 Å². The SMILES string of the molecule is CCc1cccc(C=Nc2n[nH]c(Cc3cccc(Cl)c3)c2C(N)=O)c1O. The van der Waals surface area contributed by atoms with Crippen molar-refractivity contribution >= 4 is 29.5 Å². The molecule has 6 nitrogen and oxygen atoms in total. The van der Waals surface area contributed by atoms with Gasteiger partial charge >= 0.3 is 0 Å². The van der Waals surface area contributed by atoms with Gasteiger partial charge in [0.15, 0.2) is 5.82 Å². The minimum Gasteiger partial charge on any atom is -0.507 e. The van der Waals surface area contributed by atoms with Crippen LogP contribution in [0.25, 0.3) is 0 Å². The van der Waals surface area contributed by atoms with Gasteiger partial charge in [0, 0.05) is 23.2 Å². The van der Waals surface area contributed by atoms with Crippen LogP contribution in [-0.4, -0.2) is 27.4 Å². The summed E-state index contributed by atoms with van der Waals surface area (Å²) in [5.41, 5.74) is 8.60. The molecule has 0 radical (unpaired) electrons. The summed E-state index contributed by atoms with van der Waals surface area (Å²) in [5.74, 6) is -0.278. The van der Waals surface area contributed by atoms with E-state index in [0.29, 0.717) is 29.1 Å². The molecule has 3 rings (SSSR count). The molecule has 7 heteroatoms. The molecule has 0 bridgehead atoms. The predicted molar refractivity (Wildman–Crippen MR) is 106 cm³/mol. The van der Waals surface area contributed by atoms with E-state index in [1.807, 2.05) is 37.3 Å². The molecule has 0 saturated carbocycles. The Bertz CT molecular complexity index is 1010. The van der Waals surface area contributed by atoms with E-state index < -0.39 is 5.91 Å². The molecular formula is C20H19ClN4O2. The topological polar surface area (TPSA) is 104 Å². The van der Waals surface area contributed by atoms with Crippen LogP contribution < -0.4 is 5.73 Å². The van der Waals surface area contributed by atoms with Gasteiger partial charge in [-0.3, -0.25) is 9.89 Å². The smallest absolute Gasteiger partial charge is 0.254 e. The van der Waals surface area contributed by atoms with Crippen LogP contribution in [0, 0.1) is 0 Å². The first-order valence-electron chi connectivity index (χ1n) is 8.46. The number of hydrogen-bond donors (Lipinski definition) is 3. The van der Waals surface area contributed by atoms with E-state index in [2.05, 4.69) is 15.2 Å². The zero-order valence-electron chi connectivity index (χ0n) is 14.7. The van der Waals surface area contributed by atoms with E-state index in [1.54, 1.807) is 12.1 Å². The van der Waals surface area contributed by atoms with Crippen LogP contribution in [-0.2, 0) is 12.8 Å². The number of phenolic OH excluding ortho intramolecular Hbond substituents is 1. The minimum absolute atomic E-state index is 0.166. The van der Waals surface area contributed by atoms with Crippen LogP contribution in [0.2, 0.25) is 5.02 Å². The molecular weight excluding hydrogens is 364 g/mol. The van der Waals surface area contributed by atoms with Crippen molar-refractivity contribution in [3.8, 4) is 5.75 Å². The summed E-state index contributed by atoms with van der Waals surface area (Å²) in [6.45, 7) is 1.96. The Balaban J connectivity index is 1.93. The second-order valence-electron chi connectivity index (χ2n) is 6.04. The van der Waals surface area contributed by atoms with Crippen LogP contribution in [0.15, 0.2) is 47.5 Å². The van der Waals surface area contributed by atoms with Gasteiger partial charge in [0.1, 0.15) is 11.3 Å². The molecule has 0 atom stereocenters. The number of nitrogens with one attached hydrogen (secondary N) is 1. The zero-order valence-corrected chi connectivity index (χ0v) is 15.5. The lowest BCUT2D eigenvalue weighted by Crippen LogP contribution is -2.13. The molecule has 1 heterocycles. The highest BCUT2D eigenvalue weighted by Crippen LogP contribution is 2.25.